The number of sulfone groups is 1. The summed E-state index contributed by atoms with van der Waals surface area (Å²) in [4.78, 5) is 14.4. The van der Waals surface area contributed by atoms with Crippen molar-refractivity contribution in [2.75, 3.05) is 0 Å². The van der Waals surface area contributed by atoms with Crippen LogP contribution in [0, 0.1) is 0 Å². The number of hydrogen-bond acceptors (Lipinski definition) is 5. The molecule has 1 aliphatic rings. The largest absolute Gasteiger partial charge is 0.288 e. The molecule has 0 N–H and O–H groups in total. The zero-order valence-electron chi connectivity index (χ0n) is 13.1. The summed E-state index contributed by atoms with van der Waals surface area (Å²) < 4.78 is 25.5. The summed E-state index contributed by atoms with van der Waals surface area (Å²) in [7, 11) is -3.53. The van der Waals surface area contributed by atoms with E-state index in [2.05, 4.69) is 0 Å². The molecule has 0 aliphatic carbocycles. The van der Waals surface area contributed by atoms with Crippen molar-refractivity contribution in [3.63, 3.8) is 0 Å². The SMILES string of the molecule is O=C1c2sccc2CS(=O)(=O)c2cccc(SCc3ccccc3)c21. The summed E-state index contributed by atoms with van der Waals surface area (Å²) in [5.74, 6) is 0.386. The van der Waals surface area contributed by atoms with Gasteiger partial charge < -0.3 is 0 Å². The van der Waals surface area contributed by atoms with Crippen molar-refractivity contribution in [3.8, 4) is 0 Å². The first-order valence-corrected chi connectivity index (χ1v) is 11.2. The normalized spacial score (nSPS) is 15.3. The molecule has 0 fully saturated rings. The highest BCUT2D eigenvalue weighted by atomic mass is 32.2. The molecular formula is C19H14O3S3. The van der Waals surface area contributed by atoms with Crippen LogP contribution in [0.15, 0.2) is 69.8 Å². The van der Waals surface area contributed by atoms with Gasteiger partial charge in [0.2, 0.25) is 5.78 Å². The fraction of sp³-hybridized carbons (Fsp3) is 0.105. The highest BCUT2D eigenvalue weighted by Gasteiger charge is 2.33. The van der Waals surface area contributed by atoms with Gasteiger partial charge in [-0.2, -0.15) is 0 Å². The molecule has 3 nitrogen and oxygen atoms in total. The summed E-state index contributed by atoms with van der Waals surface area (Å²) >= 11 is 2.81. The summed E-state index contributed by atoms with van der Waals surface area (Å²) in [5.41, 5.74) is 2.06. The molecule has 0 radical (unpaired) electrons. The Balaban J connectivity index is 1.81. The number of rotatable bonds is 3. The molecule has 3 aromatic rings. The van der Waals surface area contributed by atoms with E-state index in [1.165, 1.54) is 23.1 Å². The summed E-state index contributed by atoms with van der Waals surface area (Å²) in [5, 5.41) is 1.78. The van der Waals surface area contributed by atoms with Crippen molar-refractivity contribution in [2.24, 2.45) is 0 Å². The first-order valence-electron chi connectivity index (χ1n) is 7.70. The number of benzene rings is 2. The monoisotopic (exact) mass is 386 g/mol. The Bertz CT molecular complexity index is 1050. The van der Waals surface area contributed by atoms with Crippen LogP contribution in [0.1, 0.15) is 26.4 Å². The van der Waals surface area contributed by atoms with Crippen molar-refractivity contribution in [3.05, 3.63) is 81.5 Å². The summed E-state index contributed by atoms with van der Waals surface area (Å²) in [6.45, 7) is 0. The molecule has 1 aliphatic heterocycles. The Kier molecular flexibility index (Phi) is 4.27. The van der Waals surface area contributed by atoms with E-state index in [1.807, 2.05) is 36.4 Å². The Labute approximate surface area is 154 Å². The van der Waals surface area contributed by atoms with Gasteiger partial charge in [0.15, 0.2) is 9.84 Å². The first kappa shape index (κ1) is 16.6. The van der Waals surface area contributed by atoms with Crippen LogP contribution in [-0.4, -0.2) is 14.2 Å². The van der Waals surface area contributed by atoms with E-state index in [0.29, 0.717) is 21.8 Å². The molecule has 0 spiro atoms. The van der Waals surface area contributed by atoms with Gasteiger partial charge in [-0.3, -0.25) is 4.79 Å². The Hall–Kier alpha value is -1.89. The predicted molar refractivity (Wildman–Crippen MR) is 101 cm³/mol. The molecule has 4 rings (SSSR count). The number of fused-ring (bicyclic) bond motifs is 2. The zero-order chi connectivity index (χ0) is 17.4. The lowest BCUT2D eigenvalue weighted by atomic mass is 10.1. The molecule has 1 aromatic heterocycles. The van der Waals surface area contributed by atoms with Crippen LogP contribution in [0.5, 0.6) is 0 Å². The van der Waals surface area contributed by atoms with Gasteiger partial charge in [-0.05, 0) is 34.7 Å². The number of carbonyl (C=O) groups excluding carboxylic acids is 1. The van der Waals surface area contributed by atoms with Crippen LogP contribution >= 0.6 is 23.1 Å². The minimum absolute atomic E-state index is 0.114. The lowest BCUT2D eigenvalue weighted by Gasteiger charge is -2.11. The molecule has 0 unspecified atom stereocenters. The van der Waals surface area contributed by atoms with Crippen molar-refractivity contribution >= 4 is 38.7 Å². The second-order valence-electron chi connectivity index (χ2n) is 5.77. The highest BCUT2D eigenvalue weighted by molar-refractivity contribution is 7.98. The topological polar surface area (TPSA) is 51.2 Å². The van der Waals surface area contributed by atoms with Gasteiger partial charge in [-0.25, -0.2) is 8.42 Å². The van der Waals surface area contributed by atoms with E-state index in [9.17, 15) is 13.2 Å². The summed E-state index contributed by atoms with van der Waals surface area (Å²) in [6, 6.07) is 16.8. The van der Waals surface area contributed by atoms with E-state index in [4.69, 9.17) is 0 Å². The van der Waals surface area contributed by atoms with Crippen LogP contribution < -0.4 is 0 Å². The maximum absolute atomic E-state index is 13.0. The van der Waals surface area contributed by atoms with Crippen LogP contribution in [0.4, 0.5) is 0 Å². The number of thioether (sulfide) groups is 1. The number of carbonyl (C=O) groups is 1. The van der Waals surface area contributed by atoms with E-state index >= 15 is 0 Å². The van der Waals surface area contributed by atoms with Gasteiger partial charge in [-0.15, -0.1) is 23.1 Å². The molecule has 2 heterocycles. The quantitative estimate of drug-likeness (QED) is 0.619. The second kappa shape index (κ2) is 6.44. The lowest BCUT2D eigenvalue weighted by molar-refractivity contribution is 0.103. The van der Waals surface area contributed by atoms with Gasteiger partial charge in [0.1, 0.15) is 0 Å². The molecule has 0 amide bonds. The predicted octanol–water partition coefficient (Wildman–Crippen LogP) is 4.56. The van der Waals surface area contributed by atoms with Crippen LogP contribution in [0.2, 0.25) is 0 Å². The van der Waals surface area contributed by atoms with Gasteiger partial charge in [0.05, 0.1) is 21.1 Å². The van der Waals surface area contributed by atoms with Gasteiger partial charge in [0, 0.05) is 10.6 Å². The van der Waals surface area contributed by atoms with Crippen molar-refractivity contribution in [1.82, 2.24) is 0 Å². The molecule has 25 heavy (non-hydrogen) atoms. The van der Waals surface area contributed by atoms with E-state index in [-0.39, 0.29) is 16.4 Å². The van der Waals surface area contributed by atoms with Crippen LogP contribution in [0.25, 0.3) is 0 Å². The maximum atomic E-state index is 13.0. The standard InChI is InChI=1S/C19H14O3S3/c20-18-17-15(24-11-13-5-2-1-3-6-13)7-4-8-16(17)25(21,22)12-14-9-10-23-19(14)18/h1-10H,11-12H2. The number of hydrogen-bond donors (Lipinski definition) is 0. The van der Waals surface area contributed by atoms with E-state index in [0.717, 1.165) is 10.5 Å². The van der Waals surface area contributed by atoms with Crippen LogP contribution in [-0.2, 0) is 21.3 Å². The van der Waals surface area contributed by atoms with Gasteiger partial charge in [-0.1, -0.05) is 36.4 Å². The van der Waals surface area contributed by atoms with Gasteiger partial charge in [0.25, 0.3) is 0 Å². The first-order chi connectivity index (χ1) is 12.1. The molecule has 0 saturated heterocycles. The molecule has 0 saturated carbocycles. The fourth-order valence-electron chi connectivity index (χ4n) is 2.89. The van der Waals surface area contributed by atoms with Gasteiger partial charge >= 0.3 is 0 Å². The smallest absolute Gasteiger partial charge is 0.205 e. The molecular weight excluding hydrogens is 372 g/mol. The van der Waals surface area contributed by atoms with Crippen molar-refractivity contribution in [2.45, 2.75) is 21.3 Å². The molecule has 126 valence electrons. The summed E-state index contributed by atoms with van der Waals surface area (Å²) in [6.07, 6.45) is 0. The average Bonchev–Trinajstić information content (AvgIpc) is 3.04. The molecule has 0 bridgehead atoms. The zero-order valence-corrected chi connectivity index (χ0v) is 15.6. The van der Waals surface area contributed by atoms with Crippen LogP contribution in [0.3, 0.4) is 0 Å². The minimum atomic E-state index is -3.53. The third kappa shape index (κ3) is 3.05. The maximum Gasteiger partial charge on any atom is 0.205 e. The van der Waals surface area contributed by atoms with E-state index < -0.39 is 9.84 Å². The molecule has 2 aromatic carbocycles. The number of thiophene rings is 1. The Morgan fingerprint density at radius 1 is 1.00 bits per heavy atom. The third-order valence-corrected chi connectivity index (χ3v) is 7.87. The fourth-order valence-corrected chi connectivity index (χ4v) is 6.56. The minimum Gasteiger partial charge on any atom is -0.288 e. The average molecular weight is 387 g/mol. The second-order valence-corrected chi connectivity index (χ2v) is 9.66. The molecule has 6 heteroatoms. The number of ketones is 1. The van der Waals surface area contributed by atoms with Crippen molar-refractivity contribution in [1.29, 1.82) is 0 Å². The van der Waals surface area contributed by atoms with Crippen molar-refractivity contribution < 1.29 is 13.2 Å². The Morgan fingerprint density at radius 3 is 2.60 bits per heavy atom. The third-order valence-electron chi connectivity index (χ3n) is 4.09. The lowest BCUT2D eigenvalue weighted by Crippen LogP contribution is -2.08. The highest BCUT2D eigenvalue weighted by Crippen LogP contribution is 2.38. The van der Waals surface area contributed by atoms with E-state index in [1.54, 1.807) is 23.6 Å². The molecule has 0 atom stereocenters. The Morgan fingerprint density at radius 2 is 1.80 bits per heavy atom.